The molecular weight excluding hydrogens is 598 g/mol. The van der Waals surface area contributed by atoms with E-state index in [0.29, 0.717) is 22.3 Å². The quantitative estimate of drug-likeness (QED) is 0.175. The van der Waals surface area contributed by atoms with Gasteiger partial charge in [-0.05, 0) is 67.4 Å². The highest BCUT2D eigenvalue weighted by Crippen LogP contribution is 2.43. The lowest BCUT2D eigenvalue weighted by atomic mass is 9.93. The van der Waals surface area contributed by atoms with Crippen molar-refractivity contribution in [2.24, 2.45) is 10.9 Å². The summed E-state index contributed by atoms with van der Waals surface area (Å²) in [5, 5.41) is 14.3. The molecule has 0 saturated carbocycles. The summed E-state index contributed by atoms with van der Waals surface area (Å²) in [6, 6.07) is 38.0. The van der Waals surface area contributed by atoms with Crippen LogP contribution in [-0.4, -0.2) is 36.9 Å². The number of piperidine rings is 1. The van der Waals surface area contributed by atoms with Gasteiger partial charge in [0.1, 0.15) is 11.3 Å². The molecule has 7 rings (SSSR count). The number of anilines is 2. The second kappa shape index (κ2) is 12.3. The van der Waals surface area contributed by atoms with Gasteiger partial charge in [0.2, 0.25) is 10.0 Å². The summed E-state index contributed by atoms with van der Waals surface area (Å²) >= 11 is 0. The van der Waals surface area contributed by atoms with Crippen LogP contribution >= 0.6 is 0 Å². The molecule has 0 bridgehead atoms. The van der Waals surface area contributed by atoms with Crippen molar-refractivity contribution in [2.45, 2.75) is 17.7 Å². The number of carbonyl (C=O) groups is 1. The topological polar surface area (TPSA) is 112 Å². The molecule has 0 unspecified atom stereocenters. The lowest BCUT2D eigenvalue weighted by Gasteiger charge is -2.30. The minimum absolute atomic E-state index is 0.151. The van der Waals surface area contributed by atoms with Crippen molar-refractivity contribution in [3.8, 4) is 22.5 Å². The van der Waals surface area contributed by atoms with E-state index in [-0.39, 0.29) is 30.8 Å². The standard InChI is InChI=1S/C37H31N3O5S/c41-37(42)25-19-21-40(22-20-25)46(43,44)35-14-8-7-13-32(35)36-30-17-15-28(38-26-9-3-1-4-10-26)23-33(30)45-34-24-29(16-18-31(34)36)39-27-11-5-2-6-12-27/h1-18,23-25,38H,19-22H2,(H,41,42). The van der Waals surface area contributed by atoms with Gasteiger partial charge in [-0.15, -0.1) is 0 Å². The molecule has 4 aromatic carbocycles. The average Bonchev–Trinajstić information content (AvgIpc) is 3.08. The van der Waals surface area contributed by atoms with Crippen molar-refractivity contribution in [3.63, 3.8) is 0 Å². The number of carboxylic acid groups (broad SMARTS) is 1. The predicted molar refractivity (Wildman–Crippen MR) is 179 cm³/mol. The molecule has 8 nitrogen and oxygen atoms in total. The first kappa shape index (κ1) is 29.5. The van der Waals surface area contributed by atoms with Crippen LogP contribution in [0.5, 0.6) is 0 Å². The molecule has 2 N–H and O–H groups in total. The number of rotatable bonds is 7. The summed E-state index contributed by atoms with van der Waals surface area (Å²) in [4.78, 5) is 16.5. The highest BCUT2D eigenvalue weighted by molar-refractivity contribution is 7.89. The SMILES string of the molecule is O=C(O)C1CCN(S(=O)(=O)c2ccccc2-c2c3ccc(=Nc4ccccc4)cc-3oc3cc(Nc4ccccc4)ccc23)CC1. The number of sulfonamides is 1. The maximum absolute atomic E-state index is 14.2. The Labute approximate surface area is 266 Å². The molecule has 0 spiro atoms. The highest BCUT2D eigenvalue weighted by atomic mass is 32.2. The third kappa shape index (κ3) is 5.78. The summed E-state index contributed by atoms with van der Waals surface area (Å²) in [6.07, 6.45) is 0.551. The third-order valence-electron chi connectivity index (χ3n) is 8.36. The van der Waals surface area contributed by atoms with Crippen LogP contribution in [-0.2, 0) is 14.8 Å². The van der Waals surface area contributed by atoms with E-state index in [1.165, 1.54) is 4.31 Å². The lowest BCUT2D eigenvalue weighted by molar-refractivity contribution is -0.142. The van der Waals surface area contributed by atoms with Gasteiger partial charge in [-0.3, -0.25) is 4.79 Å². The molecule has 0 amide bonds. The van der Waals surface area contributed by atoms with E-state index < -0.39 is 21.9 Å². The van der Waals surface area contributed by atoms with Crippen LogP contribution in [0.15, 0.2) is 136 Å². The Kier molecular flexibility index (Phi) is 7.86. The number of hydrogen-bond donors (Lipinski definition) is 2. The molecule has 4 aromatic rings. The maximum Gasteiger partial charge on any atom is 0.306 e. The zero-order chi connectivity index (χ0) is 31.7. The van der Waals surface area contributed by atoms with Crippen LogP contribution in [0, 0.1) is 5.92 Å². The van der Waals surface area contributed by atoms with Crippen molar-refractivity contribution < 1.29 is 22.7 Å². The molecule has 9 heteroatoms. The van der Waals surface area contributed by atoms with E-state index in [1.54, 1.807) is 12.1 Å². The summed E-state index contributed by atoms with van der Waals surface area (Å²) in [7, 11) is -3.95. The Morgan fingerprint density at radius 1 is 0.783 bits per heavy atom. The van der Waals surface area contributed by atoms with E-state index in [0.717, 1.165) is 33.6 Å². The molecule has 230 valence electrons. The van der Waals surface area contributed by atoms with E-state index in [9.17, 15) is 18.3 Å². The minimum atomic E-state index is -3.95. The fourth-order valence-corrected chi connectivity index (χ4v) is 7.70. The first-order chi connectivity index (χ1) is 22.4. The average molecular weight is 630 g/mol. The smallest absolute Gasteiger partial charge is 0.306 e. The zero-order valence-corrected chi connectivity index (χ0v) is 25.7. The zero-order valence-electron chi connectivity index (χ0n) is 24.8. The molecular formula is C37H31N3O5S. The van der Waals surface area contributed by atoms with Gasteiger partial charge in [-0.2, -0.15) is 4.31 Å². The van der Waals surface area contributed by atoms with Crippen LogP contribution in [0.3, 0.4) is 0 Å². The number of aliphatic carboxylic acids is 1. The van der Waals surface area contributed by atoms with Crippen molar-refractivity contribution in [3.05, 3.63) is 127 Å². The largest absolute Gasteiger partial charge is 0.481 e. The first-order valence-electron chi connectivity index (χ1n) is 15.1. The summed E-state index contributed by atoms with van der Waals surface area (Å²) in [5.41, 5.74) is 5.15. The van der Waals surface area contributed by atoms with E-state index in [1.807, 2.05) is 109 Å². The number of fused-ring (bicyclic) bond motifs is 2. The lowest BCUT2D eigenvalue weighted by Crippen LogP contribution is -2.40. The van der Waals surface area contributed by atoms with Gasteiger partial charge < -0.3 is 14.8 Å². The van der Waals surface area contributed by atoms with E-state index in [4.69, 9.17) is 9.41 Å². The number of hydrogen-bond acceptors (Lipinski definition) is 6. The normalized spacial score (nSPS) is 14.9. The third-order valence-corrected chi connectivity index (χ3v) is 10.3. The van der Waals surface area contributed by atoms with Crippen LogP contribution in [0.25, 0.3) is 33.4 Å². The molecule has 3 aliphatic rings. The van der Waals surface area contributed by atoms with E-state index >= 15 is 0 Å². The van der Waals surface area contributed by atoms with Crippen LogP contribution in [0.2, 0.25) is 0 Å². The van der Waals surface area contributed by atoms with Gasteiger partial charge in [-0.1, -0.05) is 54.6 Å². The van der Waals surface area contributed by atoms with Gasteiger partial charge in [0, 0.05) is 58.7 Å². The monoisotopic (exact) mass is 629 g/mol. The molecule has 1 fully saturated rings. The second-order valence-electron chi connectivity index (χ2n) is 11.3. The molecule has 0 atom stereocenters. The van der Waals surface area contributed by atoms with Crippen LogP contribution < -0.4 is 10.7 Å². The Hall–Kier alpha value is -5.25. The Morgan fingerprint density at radius 3 is 2.22 bits per heavy atom. The summed E-state index contributed by atoms with van der Waals surface area (Å²) < 4.78 is 36.3. The molecule has 0 aromatic heterocycles. The number of nitrogens with zero attached hydrogens (tertiary/aromatic N) is 2. The van der Waals surface area contributed by atoms with Gasteiger partial charge in [0.25, 0.3) is 0 Å². The van der Waals surface area contributed by atoms with Crippen molar-refractivity contribution in [1.82, 2.24) is 4.31 Å². The van der Waals surface area contributed by atoms with Crippen molar-refractivity contribution >= 4 is 44.0 Å². The molecule has 46 heavy (non-hydrogen) atoms. The molecule has 2 aliphatic heterocycles. The van der Waals surface area contributed by atoms with Crippen LogP contribution in [0.1, 0.15) is 12.8 Å². The van der Waals surface area contributed by atoms with Crippen molar-refractivity contribution in [2.75, 3.05) is 18.4 Å². The fourth-order valence-electron chi connectivity index (χ4n) is 6.04. The summed E-state index contributed by atoms with van der Waals surface area (Å²) in [6.45, 7) is 0.302. The fraction of sp³-hybridized carbons (Fsp3) is 0.135. The first-order valence-corrected chi connectivity index (χ1v) is 16.6. The molecule has 0 radical (unpaired) electrons. The Bertz CT molecular complexity index is 2190. The van der Waals surface area contributed by atoms with Crippen LogP contribution in [0.4, 0.5) is 17.1 Å². The molecule has 2 heterocycles. The van der Waals surface area contributed by atoms with Gasteiger partial charge in [-0.25, -0.2) is 13.4 Å². The van der Waals surface area contributed by atoms with Crippen molar-refractivity contribution in [1.29, 1.82) is 0 Å². The van der Waals surface area contributed by atoms with Gasteiger partial charge >= 0.3 is 5.97 Å². The Morgan fingerprint density at radius 2 is 1.48 bits per heavy atom. The molecule has 1 saturated heterocycles. The highest BCUT2D eigenvalue weighted by Gasteiger charge is 2.34. The molecule has 1 aliphatic carbocycles. The maximum atomic E-state index is 14.2. The Balaban J connectivity index is 1.41. The van der Waals surface area contributed by atoms with E-state index in [2.05, 4.69) is 5.32 Å². The number of nitrogens with one attached hydrogen (secondary N) is 1. The van der Waals surface area contributed by atoms with Gasteiger partial charge in [0.15, 0.2) is 0 Å². The number of benzene rings is 5. The number of para-hydroxylation sites is 2. The summed E-state index contributed by atoms with van der Waals surface area (Å²) in [5.74, 6) is -0.867. The predicted octanol–water partition coefficient (Wildman–Crippen LogP) is 7.67. The minimum Gasteiger partial charge on any atom is -0.481 e. The second-order valence-corrected chi connectivity index (χ2v) is 13.2. The number of carboxylic acids is 1. The van der Waals surface area contributed by atoms with Gasteiger partial charge in [0.05, 0.1) is 21.9 Å².